The molecule has 0 aromatic carbocycles. The van der Waals surface area contributed by atoms with Crippen LogP contribution in [0.15, 0.2) is 0 Å². The zero-order valence-corrected chi connectivity index (χ0v) is 10.7. The van der Waals surface area contributed by atoms with Crippen LogP contribution in [0, 0.1) is 6.92 Å². The van der Waals surface area contributed by atoms with Crippen LogP contribution in [0.25, 0.3) is 0 Å². The van der Waals surface area contributed by atoms with Gasteiger partial charge in [0.25, 0.3) is 0 Å². The third-order valence-corrected chi connectivity index (χ3v) is 3.71. The van der Waals surface area contributed by atoms with Gasteiger partial charge in [0.05, 0.1) is 12.3 Å². The van der Waals surface area contributed by atoms with Crippen LogP contribution in [0.5, 0.6) is 0 Å². The molecule has 0 aliphatic carbocycles. The maximum atomic E-state index is 11.6. The molecule has 0 unspecified atom stereocenters. The number of amides is 1. The Morgan fingerprint density at radius 3 is 2.94 bits per heavy atom. The first kappa shape index (κ1) is 12.0. The second-order valence-corrected chi connectivity index (χ2v) is 4.76. The minimum Gasteiger partial charge on any atom is -0.462 e. The Kier molecular flexibility index (Phi) is 3.42. The van der Waals surface area contributed by atoms with Crippen molar-refractivity contribution < 1.29 is 14.3 Å². The predicted octanol–water partition coefficient (Wildman–Crippen LogP) is 1.76. The van der Waals surface area contributed by atoms with E-state index < -0.39 is 0 Å². The van der Waals surface area contributed by atoms with E-state index in [9.17, 15) is 9.59 Å². The van der Waals surface area contributed by atoms with Crippen LogP contribution in [0.3, 0.4) is 0 Å². The molecule has 1 saturated heterocycles. The third kappa shape index (κ3) is 2.31. The quantitative estimate of drug-likeness (QED) is 0.771. The van der Waals surface area contributed by atoms with Crippen molar-refractivity contribution in [2.45, 2.75) is 26.7 Å². The molecule has 17 heavy (non-hydrogen) atoms. The molecular formula is C11H14N2O3S. The summed E-state index contributed by atoms with van der Waals surface area (Å²) in [6, 6.07) is 0. The molecule has 0 radical (unpaired) electrons. The number of carbonyl (C=O) groups is 2. The summed E-state index contributed by atoms with van der Waals surface area (Å²) in [5.74, 6) is -0.283. The molecule has 0 N–H and O–H groups in total. The number of anilines is 1. The first-order chi connectivity index (χ1) is 8.13. The first-order valence-electron chi connectivity index (χ1n) is 5.58. The Balaban J connectivity index is 2.24. The summed E-state index contributed by atoms with van der Waals surface area (Å²) >= 11 is 1.23. The Morgan fingerprint density at radius 1 is 1.59 bits per heavy atom. The van der Waals surface area contributed by atoms with Crippen LogP contribution in [-0.2, 0) is 9.53 Å². The van der Waals surface area contributed by atoms with Crippen molar-refractivity contribution in [3.05, 3.63) is 10.6 Å². The standard InChI is InChI=1S/C11H14N2O3S/c1-3-16-10(15)9-7(2)12-11(17-9)13-6-4-5-8(13)14/h3-6H2,1-2H3. The van der Waals surface area contributed by atoms with E-state index in [1.165, 1.54) is 11.3 Å². The van der Waals surface area contributed by atoms with Gasteiger partial charge in [0.15, 0.2) is 5.13 Å². The number of hydrogen-bond acceptors (Lipinski definition) is 5. The molecular weight excluding hydrogens is 240 g/mol. The van der Waals surface area contributed by atoms with Crippen LogP contribution >= 0.6 is 11.3 Å². The Hall–Kier alpha value is -1.43. The smallest absolute Gasteiger partial charge is 0.350 e. The average Bonchev–Trinajstić information content (AvgIpc) is 2.84. The number of esters is 1. The number of ether oxygens (including phenoxy) is 1. The van der Waals surface area contributed by atoms with E-state index in [4.69, 9.17) is 4.74 Å². The molecule has 0 spiro atoms. The van der Waals surface area contributed by atoms with Gasteiger partial charge >= 0.3 is 5.97 Å². The molecule has 1 fully saturated rings. The number of aryl methyl sites for hydroxylation is 1. The molecule has 92 valence electrons. The molecule has 0 bridgehead atoms. The SMILES string of the molecule is CCOC(=O)c1sc(N2CCCC2=O)nc1C. The first-order valence-corrected chi connectivity index (χ1v) is 6.40. The van der Waals surface area contributed by atoms with Crippen molar-refractivity contribution in [1.29, 1.82) is 0 Å². The van der Waals surface area contributed by atoms with Gasteiger partial charge in [0, 0.05) is 13.0 Å². The average molecular weight is 254 g/mol. The van der Waals surface area contributed by atoms with Crippen LogP contribution in [-0.4, -0.2) is 30.0 Å². The summed E-state index contributed by atoms with van der Waals surface area (Å²) in [6.45, 7) is 4.55. The highest BCUT2D eigenvalue weighted by atomic mass is 32.1. The summed E-state index contributed by atoms with van der Waals surface area (Å²) in [4.78, 5) is 29.6. The monoisotopic (exact) mass is 254 g/mol. The molecule has 2 heterocycles. The van der Waals surface area contributed by atoms with Gasteiger partial charge in [-0.2, -0.15) is 0 Å². The number of thiazole rings is 1. The number of nitrogens with zero attached hydrogens (tertiary/aromatic N) is 2. The lowest BCUT2D eigenvalue weighted by molar-refractivity contribution is -0.117. The highest BCUT2D eigenvalue weighted by Gasteiger charge is 2.26. The molecule has 0 atom stereocenters. The zero-order chi connectivity index (χ0) is 12.4. The third-order valence-electron chi connectivity index (χ3n) is 2.55. The lowest BCUT2D eigenvalue weighted by Crippen LogP contribution is -2.23. The highest BCUT2D eigenvalue weighted by Crippen LogP contribution is 2.29. The maximum absolute atomic E-state index is 11.6. The lowest BCUT2D eigenvalue weighted by Gasteiger charge is -2.10. The second-order valence-electron chi connectivity index (χ2n) is 3.78. The van der Waals surface area contributed by atoms with E-state index in [2.05, 4.69) is 4.98 Å². The van der Waals surface area contributed by atoms with Crippen LogP contribution in [0.2, 0.25) is 0 Å². The Bertz CT molecular complexity index is 456. The van der Waals surface area contributed by atoms with Gasteiger partial charge < -0.3 is 4.74 Å². The molecule has 1 aliphatic rings. The molecule has 1 aromatic rings. The Labute approximate surface area is 103 Å². The summed E-state index contributed by atoms with van der Waals surface area (Å²) < 4.78 is 4.94. The zero-order valence-electron chi connectivity index (χ0n) is 9.86. The molecule has 5 nitrogen and oxygen atoms in total. The largest absolute Gasteiger partial charge is 0.462 e. The van der Waals surface area contributed by atoms with E-state index >= 15 is 0 Å². The number of carbonyl (C=O) groups excluding carboxylic acids is 2. The van der Waals surface area contributed by atoms with Gasteiger partial charge in [-0.25, -0.2) is 9.78 Å². The van der Waals surface area contributed by atoms with Crippen LogP contribution in [0.4, 0.5) is 5.13 Å². The van der Waals surface area contributed by atoms with Crippen molar-refractivity contribution in [1.82, 2.24) is 4.98 Å². The van der Waals surface area contributed by atoms with Crippen molar-refractivity contribution in [2.24, 2.45) is 0 Å². The highest BCUT2D eigenvalue weighted by molar-refractivity contribution is 7.17. The minimum absolute atomic E-state index is 0.0779. The Morgan fingerprint density at radius 2 is 2.35 bits per heavy atom. The van der Waals surface area contributed by atoms with Crippen LogP contribution in [0.1, 0.15) is 35.1 Å². The van der Waals surface area contributed by atoms with Gasteiger partial charge in [-0.3, -0.25) is 9.69 Å². The molecule has 6 heteroatoms. The fraction of sp³-hybridized carbons (Fsp3) is 0.545. The predicted molar refractivity (Wildman–Crippen MR) is 64.4 cm³/mol. The van der Waals surface area contributed by atoms with E-state index in [1.807, 2.05) is 0 Å². The second kappa shape index (κ2) is 4.83. The van der Waals surface area contributed by atoms with E-state index in [1.54, 1.807) is 18.7 Å². The number of rotatable bonds is 3. The van der Waals surface area contributed by atoms with Gasteiger partial charge in [-0.1, -0.05) is 11.3 Å². The van der Waals surface area contributed by atoms with Crippen molar-refractivity contribution in [2.75, 3.05) is 18.1 Å². The molecule has 1 aliphatic heterocycles. The number of hydrogen-bond donors (Lipinski definition) is 0. The van der Waals surface area contributed by atoms with E-state index in [0.717, 1.165) is 6.42 Å². The maximum Gasteiger partial charge on any atom is 0.350 e. The minimum atomic E-state index is -0.361. The summed E-state index contributed by atoms with van der Waals surface area (Å²) in [6.07, 6.45) is 1.42. The van der Waals surface area contributed by atoms with Crippen molar-refractivity contribution in [3.8, 4) is 0 Å². The van der Waals surface area contributed by atoms with Gasteiger partial charge in [-0.15, -0.1) is 0 Å². The van der Waals surface area contributed by atoms with Crippen molar-refractivity contribution >= 4 is 28.3 Å². The summed E-state index contributed by atoms with van der Waals surface area (Å²) in [7, 11) is 0. The molecule has 0 saturated carbocycles. The molecule has 1 amide bonds. The summed E-state index contributed by atoms with van der Waals surface area (Å²) in [5.41, 5.74) is 0.628. The molecule has 2 rings (SSSR count). The molecule has 1 aromatic heterocycles. The number of aromatic nitrogens is 1. The van der Waals surface area contributed by atoms with Gasteiger partial charge in [-0.05, 0) is 20.3 Å². The summed E-state index contributed by atoms with van der Waals surface area (Å²) in [5, 5.41) is 0.605. The van der Waals surface area contributed by atoms with E-state index in [-0.39, 0.29) is 11.9 Å². The fourth-order valence-electron chi connectivity index (χ4n) is 1.73. The normalized spacial score (nSPS) is 15.4. The lowest BCUT2D eigenvalue weighted by atomic mass is 10.4. The van der Waals surface area contributed by atoms with Gasteiger partial charge in [0.2, 0.25) is 5.91 Å². The van der Waals surface area contributed by atoms with E-state index in [0.29, 0.717) is 35.3 Å². The van der Waals surface area contributed by atoms with Crippen LogP contribution < -0.4 is 4.90 Å². The van der Waals surface area contributed by atoms with Crippen molar-refractivity contribution in [3.63, 3.8) is 0 Å². The topological polar surface area (TPSA) is 59.5 Å². The van der Waals surface area contributed by atoms with Gasteiger partial charge in [0.1, 0.15) is 4.88 Å². The fourth-order valence-corrected chi connectivity index (χ4v) is 2.74.